The molecule has 1 atom stereocenters. The molecule has 0 bridgehead atoms. The van der Waals surface area contributed by atoms with Crippen LogP contribution in [-0.2, 0) is 6.42 Å². The molecule has 4 rings (SSSR count). The highest BCUT2D eigenvalue weighted by Crippen LogP contribution is 2.38. The van der Waals surface area contributed by atoms with E-state index in [9.17, 15) is 0 Å². The van der Waals surface area contributed by atoms with Gasteiger partial charge in [-0.3, -0.25) is 4.40 Å². The Morgan fingerprint density at radius 3 is 3.05 bits per heavy atom. The summed E-state index contributed by atoms with van der Waals surface area (Å²) in [7, 11) is 1.73. The molecule has 3 aromatic rings. The molecule has 0 fully saturated rings. The Labute approximate surface area is 122 Å². The van der Waals surface area contributed by atoms with Crippen LogP contribution in [0.1, 0.15) is 23.6 Å². The minimum absolute atomic E-state index is 0.295. The van der Waals surface area contributed by atoms with Gasteiger partial charge in [-0.25, -0.2) is 0 Å². The van der Waals surface area contributed by atoms with Crippen LogP contribution in [0.15, 0.2) is 42.7 Å². The number of hydrogen-bond donors (Lipinski definition) is 1. The number of methoxy groups -OCH3 is 1. The van der Waals surface area contributed by atoms with E-state index in [0.29, 0.717) is 6.04 Å². The number of anilines is 1. The van der Waals surface area contributed by atoms with Crippen molar-refractivity contribution < 1.29 is 4.74 Å². The van der Waals surface area contributed by atoms with Crippen LogP contribution in [0.4, 0.5) is 5.82 Å². The maximum atomic E-state index is 5.46. The number of ether oxygens (including phenoxy) is 1. The average molecular weight is 280 g/mol. The molecule has 0 aliphatic heterocycles. The lowest BCUT2D eigenvalue weighted by molar-refractivity contribution is 0.410. The third kappa shape index (κ3) is 1.93. The largest absolute Gasteiger partial charge is 0.496 e. The summed E-state index contributed by atoms with van der Waals surface area (Å²) in [5, 5.41) is 11.6. The summed E-state index contributed by atoms with van der Waals surface area (Å²) in [5.41, 5.74) is 3.48. The molecule has 0 saturated carbocycles. The van der Waals surface area contributed by atoms with Crippen LogP contribution in [0.3, 0.4) is 0 Å². The van der Waals surface area contributed by atoms with E-state index in [0.717, 1.165) is 30.1 Å². The van der Waals surface area contributed by atoms with Crippen molar-refractivity contribution in [2.45, 2.75) is 18.9 Å². The first kappa shape index (κ1) is 12.2. The zero-order chi connectivity index (χ0) is 14.2. The maximum Gasteiger partial charge on any atom is 0.162 e. The van der Waals surface area contributed by atoms with Gasteiger partial charge in [0.1, 0.15) is 17.9 Å². The highest BCUT2D eigenvalue weighted by Gasteiger charge is 2.25. The number of benzene rings is 1. The van der Waals surface area contributed by atoms with Crippen LogP contribution < -0.4 is 10.1 Å². The molecular weight excluding hydrogens is 264 g/mol. The van der Waals surface area contributed by atoms with Crippen LogP contribution in [0, 0.1) is 0 Å². The van der Waals surface area contributed by atoms with Gasteiger partial charge in [0.05, 0.1) is 13.2 Å². The highest BCUT2D eigenvalue weighted by atomic mass is 16.5. The molecule has 2 heterocycles. The number of nitrogens with one attached hydrogen (secondary N) is 1. The normalized spacial score (nSPS) is 16.9. The van der Waals surface area contributed by atoms with Crippen molar-refractivity contribution >= 4 is 11.5 Å². The molecule has 1 N–H and O–H groups in total. The Hall–Kier alpha value is -2.56. The number of fused-ring (bicyclic) bond motifs is 2. The molecule has 1 aliphatic carbocycles. The van der Waals surface area contributed by atoms with E-state index in [1.807, 2.05) is 22.6 Å². The van der Waals surface area contributed by atoms with Crippen molar-refractivity contribution in [2.75, 3.05) is 12.4 Å². The van der Waals surface area contributed by atoms with E-state index in [2.05, 4.69) is 33.7 Å². The minimum atomic E-state index is 0.295. The fourth-order valence-corrected chi connectivity index (χ4v) is 3.11. The predicted molar refractivity (Wildman–Crippen MR) is 80.7 cm³/mol. The Morgan fingerprint density at radius 1 is 1.24 bits per heavy atom. The second-order valence-corrected chi connectivity index (χ2v) is 5.23. The van der Waals surface area contributed by atoms with Crippen molar-refractivity contribution in [3.63, 3.8) is 0 Å². The molecule has 1 aliphatic rings. The first-order valence-corrected chi connectivity index (χ1v) is 7.08. The van der Waals surface area contributed by atoms with Gasteiger partial charge in [0.25, 0.3) is 0 Å². The summed E-state index contributed by atoms with van der Waals surface area (Å²) in [6.07, 6.45) is 3.84. The Morgan fingerprint density at radius 2 is 2.14 bits per heavy atom. The van der Waals surface area contributed by atoms with E-state index >= 15 is 0 Å². The molecule has 1 unspecified atom stereocenters. The lowest BCUT2D eigenvalue weighted by Gasteiger charge is -2.17. The van der Waals surface area contributed by atoms with Crippen molar-refractivity contribution in [2.24, 2.45) is 0 Å². The molecule has 2 aromatic heterocycles. The molecule has 106 valence electrons. The monoisotopic (exact) mass is 280 g/mol. The molecule has 0 amide bonds. The fourth-order valence-electron chi connectivity index (χ4n) is 3.11. The summed E-state index contributed by atoms with van der Waals surface area (Å²) < 4.78 is 7.43. The van der Waals surface area contributed by atoms with Gasteiger partial charge in [-0.15, -0.1) is 10.2 Å². The van der Waals surface area contributed by atoms with E-state index in [-0.39, 0.29) is 0 Å². The van der Waals surface area contributed by atoms with Crippen molar-refractivity contribution in [1.29, 1.82) is 0 Å². The molecule has 0 radical (unpaired) electrons. The van der Waals surface area contributed by atoms with Crippen LogP contribution in [0.25, 0.3) is 5.65 Å². The van der Waals surface area contributed by atoms with Gasteiger partial charge in [0.15, 0.2) is 5.65 Å². The Bertz CT molecular complexity index is 796. The van der Waals surface area contributed by atoms with Crippen LogP contribution in [0.5, 0.6) is 5.75 Å². The van der Waals surface area contributed by atoms with Crippen LogP contribution in [0.2, 0.25) is 0 Å². The first-order valence-electron chi connectivity index (χ1n) is 7.08. The van der Waals surface area contributed by atoms with Crippen molar-refractivity contribution in [3.8, 4) is 5.75 Å². The summed E-state index contributed by atoms with van der Waals surface area (Å²) in [5.74, 6) is 2.00. The van der Waals surface area contributed by atoms with Gasteiger partial charge in [-0.05, 0) is 42.2 Å². The minimum Gasteiger partial charge on any atom is -0.496 e. The van der Waals surface area contributed by atoms with Crippen LogP contribution in [-0.4, -0.2) is 21.7 Å². The number of aromatic nitrogens is 3. The lowest BCUT2D eigenvalue weighted by atomic mass is 10.1. The van der Waals surface area contributed by atoms with Crippen molar-refractivity contribution in [1.82, 2.24) is 14.6 Å². The predicted octanol–water partition coefficient (Wildman–Crippen LogP) is 2.84. The van der Waals surface area contributed by atoms with E-state index in [1.165, 1.54) is 11.1 Å². The molecule has 0 spiro atoms. The van der Waals surface area contributed by atoms with Gasteiger partial charge in [0, 0.05) is 0 Å². The zero-order valence-electron chi connectivity index (χ0n) is 11.8. The van der Waals surface area contributed by atoms with E-state index < -0.39 is 0 Å². The zero-order valence-corrected chi connectivity index (χ0v) is 11.8. The molecule has 21 heavy (non-hydrogen) atoms. The summed E-state index contributed by atoms with van der Waals surface area (Å²) in [4.78, 5) is 0. The van der Waals surface area contributed by atoms with Gasteiger partial charge in [-0.2, -0.15) is 0 Å². The molecule has 5 nitrogen and oxygen atoms in total. The van der Waals surface area contributed by atoms with E-state index in [1.54, 1.807) is 13.4 Å². The Balaban J connectivity index is 1.70. The quantitative estimate of drug-likeness (QED) is 0.801. The number of rotatable bonds is 3. The molecule has 1 aromatic carbocycles. The highest BCUT2D eigenvalue weighted by molar-refractivity contribution is 5.53. The van der Waals surface area contributed by atoms with Gasteiger partial charge in [-0.1, -0.05) is 18.2 Å². The Kier molecular flexibility index (Phi) is 2.77. The van der Waals surface area contributed by atoms with Gasteiger partial charge < -0.3 is 10.1 Å². The van der Waals surface area contributed by atoms with E-state index in [4.69, 9.17) is 4.74 Å². The maximum absolute atomic E-state index is 5.46. The van der Waals surface area contributed by atoms with Crippen LogP contribution >= 0.6 is 0 Å². The second-order valence-electron chi connectivity index (χ2n) is 5.23. The number of pyridine rings is 1. The van der Waals surface area contributed by atoms with Crippen molar-refractivity contribution in [3.05, 3.63) is 53.9 Å². The fraction of sp³-hybridized carbons (Fsp3) is 0.250. The average Bonchev–Trinajstić information content (AvgIpc) is 3.14. The lowest BCUT2D eigenvalue weighted by Crippen LogP contribution is -2.10. The smallest absolute Gasteiger partial charge is 0.162 e. The molecule has 0 saturated heterocycles. The summed E-state index contributed by atoms with van der Waals surface area (Å²) >= 11 is 0. The SMILES string of the molecule is COc1cccc2c1CCC2Nc1cccc2nncn12. The third-order valence-electron chi connectivity index (χ3n) is 4.10. The third-order valence-corrected chi connectivity index (χ3v) is 4.10. The standard InChI is InChI=1S/C16H16N4O/c1-21-14-5-2-4-11-12(14)8-9-13(11)18-15-6-3-7-16-19-17-10-20(15)16/h2-7,10,13,18H,8-9H2,1H3. The molecule has 5 heteroatoms. The summed E-state index contributed by atoms with van der Waals surface area (Å²) in [6.45, 7) is 0. The number of nitrogens with zero attached hydrogens (tertiary/aromatic N) is 3. The topological polar surface area (TPSA) is 51.5 Å². The summed E-state index contributed by atoms with van der Waals surface area (Å²) in [6, 6.07) is 12.5. The second kappa shape index (κ2) is 4.77. The van der Waals surface area contributed by atoms with Gasteiger partial charge in [0.2, 0.25) is 0 Å². The first-order chi connectivity index (χ1) is 10.4. The number of hydrogen-bond acceptors (Lipinski definition) is 4. The van der Waals surface area contributed by atoms with Gasteiger partial charge >= 0.3 is 0 Å². The molecular formula is C16H16N4O.